The van der Waals surface area contributed by atoms with Crippen LogP contribution in [0.3, 0.4) is 0 Å². The molecule has 0 aliphatic heterocycles. The SMILES string of the molecule is Cc1cc(C)c2c(c1)c(-c1cc(N)n[nH]1)c(C)n2C. The topological polar surface area (TPSA) is 59.6 Å². The van der Waals surface area contributed by atoms with E-state index >= 15 is 0 Å². The summed E-state index contributed by atoms with van der Waals surface area (Å²) in [5, 5.41) is 8.31. The van der Waals surface area contributed by atoms with E-state index in [4.69, 9.17) is 5.73 Å². The summed E-state index contributed by atoms with van der Waals surface area (Å²) in [6.07, 6.45) is 0. The van der Waals surface area contributed by atoms with Gasteiger partial charge in [0.05, 0.1) is 11.2 Å². The number of nitrogens with one attached hydrogen (secondary N) is 1. The maximum Gasteiger partial charge on any atom is 0.145 e. The molecule has 1 aromatic carbocycles. The lowest BCUT2D eigenvalue weighted by atomic mass is 10.0. The Hall–Kier alpha value is -2.23. The number of anilines is 1. The lowest BCUT2D eigenvalue weighted by Gasteiger charge is -2.03. The number of H-pyrrole nitrogens is 1. The second-order valence-electron chi connectivity index (χ2n) is 5.20. The number of aromatic amines is 1. The van der Waals surface area contributed by atoms with Crippen LogP contribution in [0.5, 0.6) is 0 Å². The lowest BCUT2D eigenvalue weighted by molar-refractivity contribution is 0.914. The van der Waals surface area contributed by atoms with E-state index in [0.717, 1.165) is 5.69 Å². The molecule has 3 aromatic rings. The number of benzene rings is 1. The molecule has 2 heterocycles. The van der Waals surface area contributed by atoms with Gasteiger partial charge in [0, 0.05) is 29.8 Å². The van der Waals surface area contributed by atoms with E-state index in [9.17, 15) is 0 Å². The van der Waals surface area contributed by atoms with Crippen molar-refractivity contribution in [3.05, 3.63) is 35.0 Å². The van der Waals surface area contributed by atoms with Crippen molar-refractivity contribution < 1.29 is 0 Å². The van der Waals surface area contributed by atoms with Gasteiger partial charge in [-0.1, -0.05) is 11.6 Å². The fraction of sp³-hybridized carbons (Fsp3) is 0.267. The first-order chi connectivity index (χ1) is 8.99. The molecule has 19 heavy (non-hydrogen) atoms. The van der Waals surface area contributed by atoms with Crippen molar-refractivity contribution in [2.45, 2.75) is 20.8 Å². The zero-order chi connectivity index (χ0) is 13.7. The Labute approximate surface area is 112 Å². The molecule has 0 radical (unpaired) electrons. The molecule has 0 saturated heterocycles. The molecule has 98 valence electrons. The lowest BCUT2D eigenvalue weighted by Crippen LogP contribution is -1.92. The molecular weight excluding hydrogens is 236 g/mol. The summed E-state index contributed by atoms with van der Waals surface area (Å²) < 4.78 is 2.23. The van der Waals surface area contributed by atoms with E-state index < -0.39 is 0 Å². The summed E-state index contributed by atoms with van der Waals surface area (Å²) in [5.41, 5.74) is 12.9. The largest absolute Gasteiger partial charge is 0.382 e. The van der Waals surface area contributed by atoms with Crippen LogP contribution >= 0.6 is 0 Å². The van der Waals surface area contributed by atoms with E-state index in [-0.39, 0.29) is 0 Å². The maximum absolute atomic E-state index is 5.73. The van der Waals surface area contributed by atoms with Gasteiger partial charge in [-0.05, 0) is 32.4 Å². The monoisotopic (exact) mass is 254 g/mol. The minimum atomic E-state index is 0.524. The van der Waals surface area contributed by atoms with Crippen LogP contribution in [-0.4, -0.2) is 14.8 Å². The highest BCUT2D eigenvalue weighted by molar-refractivity contribution is 5.99. The van der Waals surface area contributed by atoms with Crippen LogP contribution in [0, 0.1) is 20.8 Å². The predicted octanol–water partition coefficient (Wildman–Crippen LogP) is 3.08. The zero-order valence-corrected chi connectivity index (χ0v) is 11.7. The number of hydrogen-bond acceptors (Lipinski definition) is 2. The quantitative estimate of drug-likeness (QED) is 0.701. The summed E-state index contributed by atoms with van der Waals surface area (Å²) in [6, 6.07) is 6.33. The maximum atomic E-state index is 5.73. The van der Waals surface area contributed by atoms with Crippen molar-refractivity contribution in [1.82, 2.24) is 14.8 Å². The van der Waals surface area contributed by atoms with E-state index in [2.05, 4.69) is 54.7 Å². The van der Waals surface area contributed by atoms with Gasteiger partial charge in [0.15, 0.2) is 0 Å². The number of nitrogens with zero attached hydrogens (tertiary/aromatic N) is 2. The molecule has 0 fully saturated rings. The third-order valence-electron chi connectivity index (χ3n) is 3.78. The Morgan fingerprint density at radius 1 is 1.16 bits per heavy atom. The summed E-state index contributed by atoms with van der Waals surface area (Å²) in [6.45, 7) is 6.40. The van der Waals surface area contributed by atoms with Gasteiger partial charge in [0.25, 0.3) is 0 Å². The Bertz CT molecular complexity index is 777. The molecule has 3 N–H and O–H groups in total. The van der Waals surface area contributed by atoms with Gasteiger partial charge < -0.3 is 10.3 Å². The number of aromatic nitrogens is 3. The van der Waals surface area contributed by atoms with E-state index in [1.54, 1.807) is 0 Å². The number of nitrogen functional groups attached to an aromatic ring is 1. The van der Waals surface area contributed by atoms with Crippen LogP contribution < -0.4 is 5.73 Å². The summed E-state index contributed by atoms with van der Waals surface area (Å²) >= 11 is 0. The molecule has 0 saturated carbocycles. The fourth-order valence-electron chi connectivity index (χ4n) is 2.93. The van der Waals surface area contributed by atoms with Gasteiger partial charge in [-0.3, -0.25) is 5.10 Å². The van der Waals surface area contributed by atoms with Crippen LogP contribution in [0.15, 0.2) is 18.2 Å². The molecule has 0 bridgehead atoms. The third kappa shape index (κ3) is 1.63. The van der Waals surface area contributed by atoms with Crippen molar-refractivity contribution >= 4 is 16.7 Å². The van der Waals surface area contributed by atoms with Gasteiger partial charge in [-0.25, -0.2) is 0 Å². The van der Waals surface area contributed by atoms with Crippen LogP contribution in [-0.2, 0) is 7.05 Å². The Morgan fingerprint density at radius 2 is 1.89 bits per heavy atom. The molecule has 4 nitrogen and oxygen atoms in total. The predicted molar refractivity (Wildman–Crippen MR) is 79.1 cm³/mol. The molecular formula is C15H18N4. The molecule has 0 amide bonds. The average molecular weight is 254 g/mol. The van der Waals surface area contributed by atoms with E-state index in [0.29, 0.717) is 5.82 Å². The van der Waals surface area contributed by atoms with Gasteiger partial charge in [0.1, 0.15) is 5.82 Å². The van der Waals surface area contributed by atoms with E-state index in [1.807, 2.05) is 6.07 Å². The molecule has 0 unspecified atom stereocenters. The first-order valence-corrected chi connectivity index (χ1v) is 6.36. The van der Waals surface area contributed by atoms with Crippen molar-refractivity contribution in [3.8, 4) is 11.3 Å². The number of aryl methyl sites for hydroxylation is 3. The van der Waals surface area contributed by atoms with Crippen LogP contribution in [0.4, 0.5) is 5.82 Å². The Kier molecular flexibility index (Phi) is 2.42. The molecule has 0 aliphatic rings. The number of fused-ring (bicyclic) bond motifs is 1. The second-order valence-corrected chi connectivity index (χ2v) is 5.20. The normalized spacial score (nSPS) is 11.4. The Balaban J connectivity index is 2.45. The highest BCUT2D eigenvalue weighted by Gasteiger charge is 2.17. The number of rotatable bonds is 1. The minimum absolute atomic E-state index is 0.524. The average Bonchev–Trinajstić information content (AvgIpc) is 2.83. The highest BCUT2D eigenvalue weighted by atomic mass is 15.2. The zero-order valence-electron chi connectivity index (χ0n) is 11.7. The fourth-order valence-corrected chi connectivity index (χ4v) is 2.93. The summed E-state index contributed by atoms with van der Waals surface area (Å²) in [7, 11) is 2.10. The van der Waals surface area contributed by atoms with Crippen molar-refractivity contribution in [1.29, 1.82) is 0 Å². The molecule has 2 aromatic heterocycles. The number of hydrogen-bond donors (Lipinski definition) is 2. The molecule has 0 spiro atoms. The standard InChI is InChI=1S/C15H18N4/c1-8-5-9(2)15-11(6-8)14(10(3)19(15)4)12-7-13(16)18-17-12/h5-7H,1-4H3,(H3,16,17,18). The van der Waals surface area contributed by atoms with Gasteiger partial charge in [0.2, 0.25) is 0 Å². The van der Waals surface area contributed by atoms with Crippen LogP contribution in [0.25, 0.3) is 22.2 Å². The number of nitrogens with two attached hydrogens (primary N) is 1. The smallest absolute Gasteiger partial charge is 0.145 e. The van der Waals surface area contributed by atoms with Crippen molar-refractivity contribution in [2.24, 2.45) is 7.05 Å². The summed E-state index contributed by atoms with van der Waals surface area (Å²) in [4.78, 5) is 0. The molecule has 0 atom stereocenters. The second kappa shape index (κ2) is 3.88. The van der Waals surface area contributed by atoms with Gasteiger partial charge in [-0.15, -0.1) is 0 Å². The van der Waals surface area contributed by atoms with Crippen molar-refractivity contribution in [3.63, 3.8) is 0 Å². The summed E-state index contributed by atoms with van der Waals surface area (Å²) in [5.74, 6) is 0.524. The van der Waals surface area contributed by atoms with Gasteiger partial charge >= 0.3 is 0 Å². The van der Waals surface area contributed by atoms with Crippen LogP contribution in [0.2, 0.25) is 0 Å². The Morgan fingerprint density at radius 3 is 2.53 bits per heavy atom. The molecule has 0 aliphatic carbocycles. The molecule has 3 rings (SSSR count). The first-order valence-electron chi connectivity index (χ1n) is 6.36. The van der Waals surface area contributed by atoms with Crippen molar-refractivity contribution in [2.75, 3.05) is 5.73 Å². The van der Waals surface area contributed by atoms with Crippen LogP contribution in [0.1, 0.15) is 16.8 Å². The van der Waals surface area contributed by atoms with Gasteiger partial charge in [-0.2, -0.15) is 5.10 Å². The van der Waals surface area contributed by atoms with E-state index in [1.165, 1.54) is 33.3 Å². The minimum Gasteiger partial charge on any atom is -0.382 e. The highest BCUT2D eigenvalue weighted by Crippen LogP contribution is 2.35. The first kappa shape index (κ1) is 11.8. The molecule has 4 heteroatoms. The third-order valence-corrected chi connectivity index (χ3v) is 3.78.